The van der Waals surface area contributed by atoms with Gasteiger partial charge < -0.3 is 4.57 Å². The largest absolute Gasteiger partial charge is 0.330 e. The molecular formula is C12H15N3O2S. The van der Waals surface area contributed by atoms with Gasteiger partial charge in [-0.3, -0.25) is 9.36 Å². The zero-order valence-corrected chi connectivity index (χ0v) is 11.2. The molecule has 6 heteroatoms. The molecule has 2 aromatic heterocycles. The first-order valence-electron chi connectivity index (χ1n) is 5.82. The molecule has 0 fully saturated rings. The van der Waals surface area contributed by atoms with Crippen molar-refractivity contribution in [3.8, 4) is 0 Å². The van der Waals surface area contributed by atoms with E-state index in [0.717, 1.165) is 10.6 Å². The van der Waals surface area contributed by atoms with Gasteiger partial charge >= 0.3 is 5.69 Å². The van der Waals surface area contributed by atoms with Gasteiger partial charge in [-0.15, -0.1) is 11.3 Å². The minimum atomic E-state index is -0.244. The van der Waals surface area contributed by atoms with Gasteiger partial charge in [0.05, 0.1) is 11.2 Å². The van der Waals surface area contributed by atoms with E-state index in [4.69, 9.17) is 0 Å². The lowest BCUT2D eigenvalue weighted by Crippen LogP contribution is -2.39. The van der Waals surface area contributed by atoms with Crippen LogP contribution in [0, 0.1) is 6.92 Å². The van der Waals surface area contributed by atoms with Crippen LogP contribution in [0.2, 0.25) is 0 Å². The zero-order chi connectivity index (χ0) is 13.1. The van der Waals surface area contributed by atoms with Crippen LogP contribution >= 0.6 is 11.3 Å². The third-order valence-corrected chi connectivity index (χ3v) is 3.88. The maximum absolute atomic E-state index is 12.0. The van der Waals surface area contributed by atoms with Crippen LogP contribution < -0.4 is 11.2 Å². The van der Waals surface area contributed by atoms with E-state index in [0.29, 0.717) is 19.5 Å². The number of aromatic nitrogens is 3. The van der Waals surface area contributed by atoms with Crippen molar-refractivity contribution in [3.05, 3.63) is 49.2 Å². The summed E-state index contributed by atoms with van der Waals surface area (Å²) < 4.78 is 2.81. The molecule has 0 aliphatic rings. The second kappa shape index (κ2) is 5.30. The molecule has 96 valence electrons. The molecule has 0 bridgehead atoms. The van der Waals surface area contributed by atoms with Crippen molar-refractivity contribution in [2.24, 2.45) is 0 Å². The molecule has 5 nitrogen and oxygen atoms in total. The Bertz CT molecular complexity index is 654. The standard InChI is InChI=1S/C12H15N3O2S/c1-3-14-6-5-11(16)15(12(14)17)7-4-10-9(2)13-8-18-10/h5-6,8H,3-4,7H2,1-2H3. The first-order chi connectivity index (χ1) is 8.63. The highest BCUT2D eigenvalue weighted by molar-refractivity contribution is 7.09. The topological polar surface area (TPSA) is 56.9 Å². The van der Waals surface area contributed by atoms with Gasteiger partial charge in [-0.2, -0.15) is 0 Å². The van der Waals surface area contributed by atoms with Crippen molar-refractivity contribution in [2.75, 3.05) is 0 Å². The summed E-state index contributed by atoms with van der Waals surface area (Å²) in [7, 11) is 0. The summed E-state index contributed by atoms with van der Waals surface area (Å²) in [6.45, 7) is 4.79. The summed E-state index contributed by atoms with van der Waals surface area (Å²) in [6.07, 6.45) is 2.21. The fourth-order valence-electron chi connectivity index (χ4n) is 1.78. The van der Waals surface area contributed by atoms with E-state index in [9.17, 15) is 9.59 Å². The Morgan fingerprint density at radius 2 is 2.17 bits per heavy atom. The second-order valence-corrected chi connectivity index (χ2v) is 4.92. The number of hydrogen-bond acceptors (Lipinski definition) is 4. The Morgan fingerprint density at radius 3 is 2.78 bits per heavy atom. The number of nitrogens with zero attached hydrogens (tertiary/aromatic N) is 3. The molecule has 2 aromatic rings. The summed E-state index contributed by atoms with van der Waals surface area (Å²) in [6, 6.07) is 1.43. The van der Waals surface area contributed by atoms with Gasteiger partial charge in [-0.25, -0.2) is 9.78 Å². The van der Waals surface area contributed by atoms with Crippen LogP contribution in [0.3, 0.4) is 0 Å². The molecule has 2 rings (SSSR count). The SMILES string of the molecule is CCn1ccc(=O)n(CCc2scnc2C)c1=O. The summed E-state index contributed by atoms with van der Waals surface area (Å²) in [5, 5.41) is 0. The quantitative estimate of drug-likeness (QED) is 0.830. The summed E-state index contributed by atoms with van der Waals surface area (Å²) >= 11 is 1.56. The lowest BCUT2D eigenvalue weighted by molar-refractivity contribution is 0.566. The monoisotopic (exact) mass is 265 g/mol. The van der Waals surface area contributed by atoms with Crippen LogP contribution in [0.5, 0.6) is 0 Å². The molecule has 18 heavy (non-hydrogen) atoms. The fraction of sp³-hybridized carbons (Fsp3) is 0.417. The average molecular weight is 265 g/mol. The minimum absolute atomic E-state index is 0.243. The molecule has 0 spiro atoms. The van der Waals surface area contributed by atoms with Crippen LogP contribution in [-0.4, -0.2) is 14.1 Å². The molecule has 0 atom stereocenters. The van der Waals surface area contributed by atoms with Gasteiger partial charge in [0, 0.05) is 36.7 Å². The summed E-state index contributed by atoms with van der Waals surface area (Å²) in [4.78, 5) is 28.9. The molecule has 0 radical (unpaired) electrons. The minimum Gasteiger partial charge on any atom is -0.301 e. The predicted octanol–water partition coefficient (Wildman–Crippen LogP) is 1.04. The summed E-state index contributed by atoms with van der Waals surface area (Å²) in [5.41, 5.74) is 2.27. The van der Waals surface area contributed by atoms with Gasteiger partial charge in [0.2, 0.25) is 0 Å². The number of rotatable bonds is 4. The first kappa shape index (κ1) is 12.8. The Morgan fingerprint density at radius 1 is 1.39 bits per heavy atom. The lowest BCUT2D eigenvalue weighted by atomic mass is 10.3. The number of aryl methyl sites for hydroxylation is 3. The lowest BCUT2D eigenvalue weighted by Gasteiger charge is -2.07. The number of hydrogen-bond donors (Lipinski definition) is 0. The van der Waals surface area contributed by atoms with Crippen LogP contribution in [0.1, 0.15) is 17.5 Å². The van der Waals surface area contributed by atoms with E-state index >= 15 is 0 Å². The number of thiazole rings is 1. The molecule has 2 heterocycles. The third-order valence-electron chi connectivity index (χ3n) is 2.89. The molecule has 0 aliphatic carbocycles. The van der Waals surface area contributed by atoms with Gasteiger partial charge in [-0.05, 0) is 13.8 Å². The van der Waals surface area contributed by atoms with Crippen molar-refractivity contribution < 1.29 is 0 Å². The van der Waals surface area contributed by atoms with Crippen molar-refractivity contribution in [2.45, 2.75) is 33.4 Å². The van der Waals surface area contributed by atoms with E-state index < -0.39 is 0 Å². The Labute approximate surface area is 108 Å². The highest BCUT2D eigenvalue weighted by Gasteiger charge is 2.06. The molecule has 0 aliphatic heterocycles. The van der Waals surface area contributed by atoms with Crippen molar-refractivity contribution >= 4 is 11.3 Å². The molecule has 0 amide bonds. The smallest absolute Gasteiger partial charge is 0.301 e. The van der Waals surface area contributed by atoms with Gasteiger partial charge in [-0.1, -0.05) is 0 Å². The van der Waals surface area contributed by atoms with E-state index in [1.165, 1.54) is 15.2 Å². The third kappa shape index (κ3) is 2.43. The van der Waals surface area contributed by atoms with Crippen LogP contribution in [0.4, 0.5) is 0 Å². The maximum Gasteiger partial charge on any atom is 0.330 e. The summed E-state index contributed by atoms with van der Waals surface area (Å²) in [5.74, 6) is 0. The maximum atomic E-state index is 12.0. The van der Waals surface area contributed by atoms with Crippen LogP contribution in [-0.2, 0) is 19.5 Å². The molecule has 0 aromatic carbocycles. The second-order valence-electron chi connectivity index (χ2n) is 3.99. The van der Waals surface area contributed by atoms with Crippen LogP contribution in [0.15, 0.2) is 27.4 Å². The molecule has 0 saturated carbocycles. The van der Waals surface area contributed by atoms with E-state index in [-0.39, 0.29) is 11.2 Å². The zero-order valence-electron chi connectivity index (χ0n) is 10.4. The molecule has 0 saturated heterocycles. The Hall–Kier alpha value is -1.69. The van der Waals surface area contributed by atoms with Gasteiger partial charge in [0.25, 0.3) is 5.56 Å². The predicted molar refractivity (Wildman–Crippen MR) is 71.2 cm³/mol. The van der Waals surface area contributed by atoms with E-state index in [1.807, 2.05) is 13.8 Å². The highest BCUT2D eigenvalue weighted by Crippen LogP contribution is 2.12. The highest BCUT2D eigenvalue weighted by atomic mass is 32.1. The fourth-order valence-corrected chi connectivity index (χ4v) is 2.55. The molecular weight excluding hydrogens is 250 g/mol. The normalized spacial score (nSPS) is 10.8. The Kier molecular flexibility index (Phi) is 3.76. The van der Waals surface area contributed by atoms with Gasteiger partial charge in [0.15, 0.2) is 0 Å². The van der Waals surface area contributed by atoms with Crippen molar-refractivity contribution in [3.63, 3.8) is 0 Å². The first-order valence-corrected chi connectivity index (χ1v) is 6.70. The van der Waals surface area contributed by atoms with E-state index in [1.54, 1.807) is 23.0 Å². The van der Waals surface area contributed by atoms with Gasteiger partial charge in [0.1, 0.15) is 0 Å². The Balaban J connectivity index is 2.27. The van der Waals surface area contributed by atoms with E-state index in [2.05, 4.69) is 4.98 Å². The van der Waals surface area contributed by atoms with Crippen LogP contribution in [0.25, 0.3) is 0 Å². The van der Waals surface area contributed by atoms with Crippen molar-refractivity contribution in [1.29, 1.82) is 0 Å². The van der Waals surface area contributed by atoms with Crippen molar-refractivity contribution in [1.82, 2.24) is 14.1 Å². The average Bonchev–Trinajstić information content (AvgIpc) is 2.75. The molecule has 0 unspecified atom stereocenters. The molecule has 0 N–H and O–H groups in total.